The van der Waals surface area contributed by atoms with E-state index in [-0.39, 0.29) is 0 Å². The van der Waals surface area contributed by atoms with Crippen LogP contribution < -0.4 is 0 Å². The summed E-state index contributed by atoms with van der Waals surface area (Å²) in [6.07, 6.45) is 6.15. The number of nitrogens with zero attached hydrogens (tertiary/aromatic N) is 1. The van der Waals surface area contributed by atoms with E-state index in [9.17, 15) is 0 Å². The minimum absolute atomic E-state index is 0.423. The van der Waals surface area contributed by atoms with Crippen molar-refractivity contribution in [2.24, 2.45) is 0 Å². The first-order valence-electron chi connectivity index (χ1n) is 5.78. The van der Waals surface area contributed by atoms with Gasteiger partial charge in [-0.25, -0.2) is 0 Å². The molecule has 0 spiro atoms. The Bertz CT molecular complexity index is 203. The number of hydrogen-bond donors (Lipinski definition) is 0. The van der Waals surface area contributed by atoms with Gasteiger partial charge in [-0.15, -0.1) is 0 Å². The van der Waals surface area contributed by atoms with Gasteiger partial charge >= 0.3 is 0 Å². The van der Waals surface area contributed by atoms with Crippen molar-refractivity contribution in [2.75, 3.05) is 20.3 Å². The molecule has 0 aromatic rings. The fraction of sp³-hybridized carbons (Fsp3) is 1.00. The van der Waals surface area contributed by atoms with Crippen molar-refractivity contribution in [1.29, 1.82) is 0 Å². The Hall–Kier alpha value is -0.120. The van der Waals surface area contributed by atoms with Crippen molar-refractivity contribution in [2.45, 2.75) is 50.0 Å². The summed E-state index contributed by atoms with van der Waals surface area (Å²) < 4.78 is 11.0. The minimum atomic E-state index is 0.423. The van der Waals surface area contributed by atoms with Gasteiger partial charge in [0.05, 0.1) is 19.3 Å². The Morgan fingerprint density at radius 3 is 2.50 bits per heavy atom. The monoisotopic (exact) mass is 197 g/mol. The Morgan fingerprint density at radius 1 is 1.29 bits per heavy atom. The second-order valence-corrected chi connectivity index (χ2v) is 4.93. The van der Waals surface area contributed by atoms with Crippen LogP contribution in [0.3, 0.4) is 0 Å². The first-order valence-corrected chi connectivity index (χ1v) is 5.78. The van der Waals surface area contributed by atoms with E-state index in [2.05, 4.69) is 11.9 Å². The molecule has 3 saturated heterocycles. The number of piperidine rings is 1. The molecule has 0 aromatic heterocycles. The number of epoxide rings is 1. The molecule has 0 aromatic carbocycles. The van der Waals surface area contributed by atoms with E-state index in [0.717, 1.165) is 25.3 Å². The van der Waals surface area contributed by atoms with Crippen molar-refractivity contribution in [1.82, 2.24) is 4.90 Å². The summed E-state index contributed by atoms with van der Waals surface area (Å²) in [6.45, 7) is 1.74. The van der Waals surface area contributed by atoms with Crippen LogP contribution in [0, 0.1) is 0 Å². The lowest BCUT2D eigenvalue weighted by Gasteiger charge is -2.36. The lowest BCUT2D eigenvalue weighted by Crippen LogP contribution is -2.43. The SMILES string of the molecule is CN1[C@H]2CC[C@H]1CC(OC[C@H]1CO1)C2. The fourth-order valence-electron chi connectivity index (χ4n) is 2.91. The van der Waals surface area contributed by atoms with Crippen LogP contribution in [0.1, 0.15) is 25.7 Å². The molecule has 0 aliphatic carbocycles. The highest BCUT2D eigenvalue weighted by molar-refractivity contribution is 4.94. The molecule has 3 aliphatic heterocycles. The van der Waals surface area contributed by atoms with Crippen molar-refractivity contribution in [3.8, 4) is 0 Å². The molecule has 14 heavy (non-hydrogen) atoms. The number of hydrogen-bond acceptors (Lipinski definition) is 3. The summed E-state index contributed by atoms with van der Waals surface area (Å²) in [4.78, 5) is 2.55. The van der Waals surface area contributed by atoms with Gasteiger partial charge in [-0.3, -0.25) is 0 Å². The van der Waals surface area contributed by atoms with E-state index in [1.807, 2.05) is 0 Å². The van der Waals surface area contributed by atoms with Crippen LogP contribution in [0.2, 0.25) is 0 Å². The predicted molar refractivity (Wildman–Crippen MR) is 53.3 cm³/mol. The van der Waals surface area contributed by atoms with Gasteiger partial charge in [-0.1, -0.05) is 0 Å². The average Bonchev–Trinajstić information content (AvgIpc) is 2.97. The van der Waals surface area contributed by atoms with E-state index < -0.39 is 0 Å². The van der Waals surface area contributed by atoms with E-state index in [1.165, 1.54) is 25.7 Å². The lowest BCUT2D eigenvalue weighted by molar-refractivity contribution is -0.0175. The number of rotatable bonds is 3. The molecule has 3 atom stereocenters. The van der Waals surface area contributed by atoms with Gasteiger partial charge in [0.1, 0.15) is 6.10 Å². The maximum absolute atomic E-state index is 5.88. The maximum Gasteiger partial charge on any atom is 0.104 e. The summed E-state index contributed by atoms with van der Waals surface area (Å²) >= 11 is 0. The number of ether oxygens (including phenoxy) is 2. The second-order valence-electron chi connectivity index (χ2n) is 4.93. The third-order valence-corrected chi connectivity index (χ3v) is 3.98. The highest BCUT2D eigenvalue weighted by Crippen LogP contribution is 2.35. The first kappa shape index (κ1) is 9.13. The van der Waals surface area contributed by atoms with Crippen LogP contribution in [-0.4, -0.2) is 49.5 Å². The molecule has 0 amide bonds. The van der Waals surface area contributed by atoms with E-state index in [1.54, 1.807) is 0 Å². The zero-order chi connectivity index (χ0) is 9.54. The van der Waals surface area contributed by atoms with Crippen molar-refractivity contribution in [3.05, 3.63) is 0 Å². The molecular formula is C11H19NO2. The fourth-order valence-corrected chi connectivity index (χ4v) is 2.91. The summed E-state index contributed by atoms with van der Waals surface area (Å²) in [7, 11) is 2.27. The zero-order valence-corrected chi connectivity index (χ0v) is 8.82. The standard InChI is InChI=1S/C11H19NO2/c1-12-8-2-3-9(12)5-10(4-8)13-6-11-7-14-11/h8-11H,2-7H2,1H3/t8-,9-,11-/m0/s1. The predicted octanol–water partition coefficient (Wildman–Crippen LogP) is 1.03. The van der Waals surface area contributed by atoms with Gasteiger partial charge in [0.15, 0.2) is 0 Å². The third-order valence-electron chi connectivity index (χ3n) is 3.98. The van der Waals surface area contributed by atoms with Crippen LogP contribution in [0.4, 0.5) is 0 Å². The van der Waals surface area contributed by atoms with Gasteiger partial charge in [-0.2, -0.15) is 0 Å². The van der Waals surface area contributed by atoms with E-state index in [4.69, 9.17) is 9.47 Å². The molecule has 0 radical (unpaired) electrons. The second kappa shape index (κ2) is 3.47. The molecule has 2 bridgehead atoms. The van der Waals surface area contributed by atoms with Crippen LogP contribution in [0.25, 0.3) is 0 Å². The molecule has 0 saturated carbocycles. The van der Waals surface area contributed by atoms with E-state index >= 15 is 0 Å². The highest BCUT2D eigenvalue weighted by Gasteiger charge is 2.39. The quantitative estimate of drug-likeness (QED) is 0.632. The highest BCUT2D eigenvalue weighted by atomic mass is 16.6. The van der Waals surface area contributed by atoms with Gasteiger partial charge in [0.2, 0.25) is 0 Å². The third kappa shape index (κ3) is 1.69. The topological polar surface area (TPSA) is 25.0 Å². The molecular weight excluding hydrogens is 178 g/mol. The summed E-state index contributed by atoms with van der Waals surface area (Å²) in [5.41, 5.74) is 0. The first-order chi connectivity index (χ1) is 6.83. The van der Waals surface area contributed by atoms with Gasteiger partial charge < -0.3 is 14.4 Å². The van der Waals surface area contributed by atoms with Crippen LogP contribution >= 0.6 is 0 Å². The average molecular weight is 197 g/mol. The zero-order valence-electron chi connectivity index (χ0n) is 8.82. The lowest BCUT2D eigenvalue weighted by atomic mass is 10.0. The van der Waals surface area contributed by atoms with Crippen molar-refractivity contribution < 1.29 is 9.47 Å². The normalized spacial score (nSPS) is 46.9. The molecule has 3 nitrogen and oxygen atoms in total. The molecule has 3 aliphatic rings. The molecule has 3 heterocycles. The Labute approximate surface area is 85.4 Å². The van der Waals surface area contributed by atoms with Gasteiger partial charge in [-0.05, 0) is 32.7 Å². The van der Waals surface area contributed by atoms with Crippen molar-refractivity contribution >= 4 is 0 Å². The molecule has 0 N–H and O–H groups in total. The Morgan fingerprint density at radius 2 is 1.93 bits per heavy atom. The molecule has 80 valence electrons. The van der Waals surface area contributed by atoms with E-state index in [0.29, 0.717) is 12.2 Å². The van der Waals surface area contributed by atoms with Gasteiger partial charge in [0, 0.05) is 12.1 Å². The molecule has 0 unspecified atom stereocenters. The summed E-state index contributed by atoms with van der Waals surface area (Å²) in [6, 6.07) is 1.58. The number of fused-ring (bicyclic) bond motifs is 2. The Balaban J connectivity index is 1.51. The van der Waals surface area contributed by atoms with Crippen LogP contribution in [-0.2, 0) is 9.47 Å². The smallest absolute Gasteiger partial charge is 0.104 e. The van der Waals surface area contributed by atoms with Gasteiger partial charge in [0.25, 0.3) is 0 Å². The molecule has 3 fully saturated rings. The summed E-state index contributed by atoms with van der Waals surface area (Å²) in [5, 5.41) is 0. The largest absolute Gasteiger partial charge is 0.375 e. The van der Waals surface area contributed by atoms with Crippen molar-refractivity contribution in [3.63, 3.8) is 0 Å². The van der Waals surface area contributed by atoms with Crippen LogP contribution in [0.5, 0.6) is 0 Å². The Kier molecular flexibility index (Phi) is 2.26. The van der Waals surface area contributed by atoms with Crippen LogP contribution in [0.15, 0.2) is 0 Å². The molecule has 3 heteroatoms. The summed E-state index contributed by atoms with van der Waals surface area (Å²) in [5.74, 6) is 0. The minimum Gasteiger partial charge on any atom is -0.375 e. The maximum atomic E-state index is 5.88. The molecule has 3 rings (SSSR count).